The second kappa shape index (κ2) is 5.66. The third-order valence-corrected chi connectivity index (χ3v) is 7.13. The lowest BCUT2D eigenvalue weighted by molar-refractivity contribution is -0.165. The van der Waals surface area contributed by atoms with Crippen LogP contribution in [0.2, 0.25) is 0 Å². The standard InChI is InChI=1S/C22H28N4O/c1-20-7-17-8-21(2,11-20)13-22(9-17,12-20)19(27)25-18-5-3-16(4-6-18)10-26-15-23-14-24-26/h3-6,14-15,17H,7-13H2,1-2H3,(H,25,27). The van der Waals surface area contributed by atoms with Gasteiger partial charge < -0.3 is 5.32 Å². The van der Waals surface area contributed by atoms with Crippen molar-refractivity contribution in [3.05, 3.63) is 42.5 Å². The second-order valence-electron chi connectivity index (χ2n) is 10.2. The van der Waals surface area contributed by atoms with Crippen molar-refractivity contribution in [2.24, 2.45) is 22.2 Å². The Balaban J connectivity index is 1.32. The molecule has 0 saturated heterocycles. The average Bonchev–Trinajstić information content (AvgIpc) is 3.06. The minimum Gasteiger partial charge on any atom is -0.326 e. The van der Waals surface area contributed by atoms with E-state index >= 15 is 0 Å². The van der Waals surface area contributed by atoms with Crippen molar-refractivity contribution in [3.8, 4) is 0 Å². The lowest BCUT2D eigenvalue weighted by atomic mass is 9.40. The molecule has 4 saturated carbocycles. The summed E-state index contributed by atoms with van der Waals surface area (Å²) in [5.74, 6) is 0.972. The molecule has 2 aromatic rings. The maximum Gasteiger partial charge on any atom is 0.230 e. The summed E-state index contributed by atoms with van der Waals surface area (Å²) in [5.41, 5.74) is 2.59. The number of nitrogens with zero attached hydrogens (tertiary/aromatic N) is 3. The quantitative estimate of drug-likeness (QED) is 0.882. The van der Waals surface area contributed by atoms with Crippen molar-refractivity contribution in [3.63, 3.8) is 0 Å². The Morgan fingerprint density at radius 2 is 1.81 bits per heavy atom. The van der Waals surface area contributed by atoms with E-state index in [2.05, 4.69) is 41.4 Å². The summed E-state index contributed by atoms with van der Waals surface area (Å²) in [4.78, 5) is 17.3. The zero-order chi connectivity index (χ0) is 18.7. The van der Waals surface area contributed by atoms with E-state index in [9.17, 15) is 4.79 Å². The number of nitrogens with one attached hydrogen (secondary N) is 1. The van der Waals surface area contributed by atoms with Crippen molar-refractivity contribution in [1.29, 1.82) is 0 Å². The Labute approximate surface area is 160 Å². The molecule has 5 heteroatoms. The maximum atomic E-state index is 13.4. The van der Waals surface area contributed by atoms with E-state index in [-0.39, 0.29) is 11.3 Å². The van der Waals surface area contributed by atoms with Crippen LogP contribution in [0.25, 0.3) is 0 Å². The monoisotopic (exact) mass is 364 g/mol. The van der Waals surface area contributed by atoms with Gasteiger partial charge in [-0.2, -0.15) is 5.10 Å². The molecule has 2 unspecified atom stereocenters. The first-order chi connectivity index (χ1) is 12.9. The Bertz CT molecular complexity index is 839. The first-order valence-electron chi connectivity index (χ1n) is 10.1. The van der Waals surface area contributed by atoms with Gasteiger partial charge in [-0.3, -0.25) is 4.79 Å². The van der Waals surface area contributed by atoms with Crippen molar-refractivity contribution in [2.45, 2.75) is 58.9 Å². The van der Waals surface area contributed by atoms with Crippen molar-refractivity contribution < 1.29 is 4.79 Å². The fraction of sp³-hybridized carbons (Fsp3) is 0.591. The van der Waals surface area contributed by atoms with Gasteiger partial charge in [0.25, 0.3) is 0 Å². The Morgan fingerprint density at radius 1 is 1.11 bits per heavy atom. The van der Waals surface area contributed by atoms with Gasteiger partial charge in [-0.05, 0) is 73.0 Å². The summed E-state index contributed by atoms with van der Waals surface area (Å²) in [5, 5.41) is 7.38. The van der Waals surface area contributed by atoms with Crippen LogP contribution < -0.4 is 5.32 Å². The predicted octanol–water partition coefficient (Wildman–Crippen LogP) is 4.26. The number of amides is 1. The van der Waals surface area contributed by atoms with E-state index in [0.29, 0.717) is 17.4 Å². The fourth-order valence-electron chi connectivity index (χ4n) is 7.16. The van der Waals surface area contributed by atoms with Gasteiger partial charge in [0.2, 0.25) is 5.91 Å². The van der Waals surface area contributed by atoms with E-state index in [1.54, 1.807) is 17.3 Å². The summed E-state index contributed by atoms with van der Waals surface area (Å²) in [6, 6.07) is 8.13. The summed E-state index contributed by atoms with van der Waals surface area (Å²) < 4.78 is 1.80. The molecule has 6 rings (SSSR count). The van der Waals surface area contributed by atoms with Crippen molar-refractivity contribution in [2.75, 3.05) is 5.32 Å². The molecule has 1 aromatic heterocycles. The summed E-state index contributed by atoms with van der Waals surface area (Å²) >= 11 is 0. The third-order valence-electron chi connectivity index (χ3n) is 7.13. The topological polar surface area (TPSA) is 59.8 Å². The van der Waals surface area contributed by atoms with E-state index in [4.69, 9.17) is 0 Å². The van der Waals surface area contributed by atoms with Crippen molar-refractivity contribution in [1.82, 2.24) is 14.8 Å². The number of anilines is 1. The third kappa shape index (κ3) is 2.97. The van der Waals surface area contributed by atoms with E-state index in [1.807, 2.05) is 12.1 Å². The number of aromatic nitrogens is 3. The van der Waals surface area contributed by atoms with Gasteiger partial charge in [-0.1, -0.05) is 26.0 Å². The SMILES string of the molecule is CC12CC3CC(C)(C1)CC(C(=O)Nc1ccc(Cn4cncn4)cc1)(C3)C2. The van der Waals surface area contributed by atoms with Crippen LogP contribution in [0.1, 0.15) is 57.9 Å². The van der Waals surface area contributed by atoms with E-state index in [1.165, 1.54) is 19.3 Å². The molecule has 1 amide bonds. The molecule has 27 heavy (non-hydrogen) atoms. The Morgan fingerprint density at radius 3 is 2.41 bits per heavy atom. The zero-order valence-corrected chi connectivity index (χ0v) is 16.2. The Hall–Kier alpha value is -2.17. The lowest BCUT2D eigenvalue weighted by Crippen LogP contribution is -2.58. The zero-order valence-electron chi connectivity index (χ0n) is 16.2. The van der Waals surface area contributed by atoms with Crippen LogP contribution in [0.15, 0.2) is 36.9 Å². The van der Waals surface area contributed by atoms with Crippen LogP contribution >= 0.6 is 0 Å². The maximum absolute atomic E-state index is 13.4. The van der Waals surface area contributed by atoms with Crippen LogP contribution in [-0.4, -0.2) is 20.7 Å². The largest absolute Gasteiger partial charge is 0.326 e. The van der Waals surface area contributed by atoms with Gasteiger partial charge in [-0.15, -0.1) is 0 Å². The molecule has 4 bridgehead atoms. The molecule has 2 atom stereocenters. The molecule has 142 valence electrons. The number of rotatable bonds is 4. The number of carbonyl (C=O) groups is 1. The molecule has 4 fully saturated rings. The van der Waals surface area contributed by atoms with Gasteiger partial charge in [0.1, 0.15) is 12.7 Å². The first kappa shape index (κ1) is 17.0. The predicted molar refractivity (Wildman–Crippen MR) is 104 cm³/mol. The summed E-state index contributed by atoms with van der Waals surface area (Å²) in [7, 11) is 0. The lowest BCUT2D eigenvalue weighted by Gasteiger charge is -2.64. The summed E-state index contributed by atoms with van der Waals surface area (Å²) in [6.45, 7) is 5.52. The van der Waals surface area contributed by atoms with Gasteiger partial charge in [0.15, 0.2) is 0 Å². The van der Waals surface area contributed by atoms with Crippen LogP contribution in [0.3, 0.4) is 0 Å². The highest BCUT2D eigenvalue weighted by Gasteiger charge is 2.62. The number of benzene rings is 1. The first-order valence-corrected chi connectivity index (χ1v) is 10.1. The molecule has 4 aliphatic rings. The number of hydrogen-bond acceptors (Lipinski definition) is 3. The van der Waals surface area contributed by atoms with Crippen LogP contribution in [0, 0.1) is 22.2 Å². The Kier molecular flexibility index (Phi) is 3.56. The van der Waals surface area contributed by atoms with Crippen LogP contribution in [-0.2, 0) is 11.3 Å². The normalized spacial score (nSPS) is 36.7. The molecule has 1 heterocycles. The van der Waals surface area contributed by atoms with Crippen molar-refractivity contribution >= 4 is 11.6 Å². The van der Waals surface area contributed by atoms with Crippen LogP contribution in [0.5, 0.6) is 0 Å². The number of carbonyl (C=O) groups excluding carboxylic acids is 1. The number of hydrogen-bond donors (Lipinski definition) is 1. The fourth-order valence-corrected chi connectivity index (χ4v) is 7.16. The van der Waals surface area contributed by atoms with Gasteiger partial charge in [0.05, 0.1) is 12.0 Å². The summed E-state index contributed by atoms with van der Waals surface area (Å²) in [6.07, 6.45) is 10.4. The van der Waals surface area contributed by atoms with E-state index in [0.717, 1.165) is 36.4 Å². The van der Waals surface area contributed by atoms with Gasteiger partial charge >= 0.3 is 0 Å². The molecule has 1 N–H and O–H groups in total. The molecule has 0 radical (unpaired) electrons. The smallest absolute Gasteiger partial charge is 0.230 e. The molecule has 4 aliphatic carbocycles. The molecule has 5 nitrogen and oxygen atoms in total. The highest BCUT2D eigenvalue weighted by atomic mass is 16.2. The molecule has 0 spiro atoms. The second-order valence-corrected chi connectivity index (χ2v) is 10.2. The molecule has 0 aliphatic heterocycles. The minimum atomic E-state index is -0.164. The minimum absolute atomic E-state index is 0.164. The van der Waals surface area contributed by atoms with Gasteiger partial charge in [-0.25, -0.2) is 9.67 Å². The molecular weight excluding hydrogens is 336 g/mol. The molecular formula is C22H28N4O. The highest BCUT2D eigenvalue weighted by molar-refractivity contribution is 5.95. The molecule has 1 aromatic carbocycles. The van der Waals surface area contributed by atoms with Gasteiger partial charge in [0, 0.05) is 5.69 Å². The van der Waals surface area contributed by atoms with Crippen LogP contribution in [0.4, 0.5) is 5.69 Å². The van der Waals surface area contributed by atoms with E-state index < -0.39 is 0 Å². The highest BCUT2D eigenvalue weighted by Crippen LogP contribution is 2.69. The average molecular weight is 364 g/mol.